The van der Waals surface area contributed by atoms with Gasteiger partial charge in [-0.25, -0.2) is 14.6 Å². The maximum atomic E-state index is 12.6. The molecule has 0 aliphatic heterocycles. The third-order valence-corrected chi connectivity index (χ3v) is 4.89. The van der Waals surface area contributed by atoms with Crippen LogP contribution in [0.5, 0.6) is 5.75 Å². The first-order valence-corrected chi connectivity index (χ1v) is 10.1. The van der Waals surface area contributed by atoms with Crippen molar-refractivity contribution in [2.24, 2.45) is 0 Å². The maximum Gasteiger partial charge on any atom is 0.493 e. The largest absolute Gasteiger partial charge is 0.496 e. The smallest absolute Gasteiger partial charge is 0.493 e. The molecule has 182 valence electrons. The van der Waals surface area contributed by atoms with Gasteiger partial charge in [-0.2, -0.15) is 18.2 Å². The summed E-state index contributed by atoms with van der Waals surface area (Å²) >= 11 is 6.19. The van der Waals surface area contributed by atoms with Gasteiger partial charge in [-0.3, -0.25) is 0 Å². The van der Waals surface area contributed by atoms with E-state index in [-0.39, 0.29) is 38.3 Å². The Balaban J connectivity index is 1.62. The van der Waals surface area contributed by atoms with E-state index in [1.54, 1.807) is 19.2 Å². The van der Waals surface area contributed by atoms with Crippen LogP contribution in [0.4, 0.5) is 36.3 Å². The fourth-order valence-electron chi connectivity index (χ4n) is 2.97. The number of aromatic nitrogens is 3. The first-order chi connectivity index (χ1) is 16.5. The highest BCUT2D eigenvalue weighted by Gasteiger charge is 2.42. The van der Waals surface area contributed by atoms with E-state index >= 15 is 0 Å². The van der Waals surface area contributed by atoms with Gasteiger partial charge in [-0.05, 0) is 36.8 Å². The molecule has 2 aromatic heterocycles. The molecule has 35 heavy (non-hydrogen) atoms. The van der Waals surface area contributed by atoms with E-state index in [4.69, 9.17) is 20.8 Å². The van der Waals surface area contributed by atoms with Crippen LogP contribution in [0.25, 0.3) is 11.1 Å². The fourth-order valence-corrected chi connectivity index (χ4v) is 3.11. The molecule has 2 heterocycles. The van der Waals surface area contributed by atoms with Crippen LogP contribution in [0.15, 0.2) is 51.8 Å². The van der Waals surface area contributed by atoms with Crippen LogP contribution >= 0.6 is 11.6 Å². The number of alkyl halides is 3. The molecule has 0 unspecified atom stereocenters. The fraction of sp³-hybridized carbons (Fsp3) is 0.143. The lowest BCUT2D eigenvalue weighted by Gasteiger charge is -2.12. The van der Waals surface area contributed by atoms with E-state index in [1.165, 1.54) is 24.4 Å². The summed E-state index contributed by atoms with van der Waals surface area (Å²) in [5, 5.41) is 6.02. The van der Waals surface area contributed by atoms with Crippen molar-refractivity contribution >= 4 is 51.8 Å². The summed E-state index contributed by atoms with van der Waals surface area (Å²) in [6.45, 7) is 1.89. The minimum Gasteiger partial charge on any atom is -0.496 e. The number of hydrogen-bond acceptors (Lipinski definition) is 9. The third-order valence-electron chi connectivity index (χ3n) is 4.62. The second kappa shape index (κ2) is 9.18. The highest BCUT2D eigenvalue weighted by atomic mass is 35.5. The van der Waals surface area contributed by atoms with Crippen LogP contribution in [-0.2, 0) is 4.79 Å². The van der Waals surface area contributed by atoms with Gasteiger partial charge < -0.3 is 24.6 Å². The SMILES string of the molecule is COc1cc(Nc2ncc(Cl)c(Nc3ccc4oc(=O)n(OC(=O)C(F)(F)F)c4c3)n2)ccc1C. The molecule has 0 fully saturated rings. The first-order valence-electron chi connectivity index (χ1n) is 9.71. The van der Waals surface area contributed by atoms with Crippen molar-refractivity contribution in [3.8, 4) is 5.75 Å². The summed E-state index contributed by atoms with van der Waals surface area (Å²) in [6.07, 6.45) is -3.97. The van der Waals surface area contributed by atoms with Gasteiger partial charge in [0, 0.05) is 17.4 Å². The highest BCUT2D eigenvalue weighted by Crippen LogP contribution is 2.28. The standard InChI is InChI=1S/C21H15ClF3N5O5/c1-10-3-4-12(8-16(10)33-2)28-19-26-9-13(22)17(29-19)27-11-5-6-15-14(7-11)30(20(32)34-15)35-18(31)21(23,24)25/h3-9H,1-2H3,(H2,26,27,28,29). The van der Waals surface area contributed by atoms with E-state index in [9.17, 15) is 22.8 Å². The Hall–Kier alpha value is -4.26. The van der Waals surface area contributed by atoms with E-state index in [0.29, 0.717) is 11.4 Å². The van der Waals surface area contributed by atoms with Crippen LogP contribution in [-0.4, -0.2) is 34.0 Å². The summed E-state index contributed by atoms with van der Waals surface area (Å²) in [6, 6.07) is 9.38. The first kappa shape index (κ1) is 23.9. The number of nitrogens with one attached hydrogen (secondary N) is 2. The van der Waals surface area contributed by atoms with Gasteiger partial charge in [-0.15, -0.1) is 0 Å². The molecule has 4 rings (SSSR count). The lowest BCUT2D eigenvalue weighted by Crippen LogP contribution is -2.36. The Morgan fingerprint density at radius 1 is 1.14 bits per heavy atom. The number of carbonyl (C=O) groups is 1. The molecule has 0 atom stereocenters. The molecule has 0 saturated heterocycles. The molecule has 2 N–H and O–H groups in total. The van der Waals surface area contributed by atoms with Crippen LogP contribution in [0, 0.1) is 6.92 Å². The molecule has 0 saturated carbocycles. The molecule has 2 aromatic carbocycles. The van der Waals surface area contributed by atoms with E-state index in [1.807, 2.05) is 13.0 Å². The molecular weight excluding hydrogens is 495 g/mol. The minimum atomic E-state index is -5.31. The van der Waals surface area contributed by atoms with Crippen molar-refractivity contribution in [1.82, 2.24) is 14.7 Å². The van der Waals surface area contributed by atoms with Crippen LogP contribution in [0.1, 0.15) is 5.56 Å². The van der Waals surface area contributed by atoms with Gasteiger partial charge in [0.05, 0.1) is 13.3 Å². The highest BCUT2D eigenvalue weighted by molar-refractivity contribution is 6.32. The molecule has 4 aromatic rings. The number of anilines is 4. The second-order valence-corrected chi connectivity index (χ2v) is 7.45. The van der Waals surface area contributed by atoms with Crippen LogP contribution in [0.3, 0.4) is 0 Å². The number of aryl methyl sites for hydroxylation is 1. The third kappa shape index (κ3) is 5.14. The number of rotatable bonds is 6. The summed E-state index contributed by atoms with van der Waals surface area (Å²) < 4.78 is 47.9. The van der Waals surface area contributed by atoms with Gasteiger partial charge in [0.15, 0.2) is 11.4 Å². The molecule has 14 heteroatoms. The predicted molar refractivity (Wildman–Crippen MR) is 119 cm³/mol. The number of oxazole rings is 1. The van der Waals surface area contributed by atoms with Gasteiger partial charge in [0.25, 0.3) is 0 Å². The van der Waals surface area contributed by atoms with E-state index < -0.39 is 17.9 Å². The van der Waals surface area contributed by atoms with Gasteiger partial charge in [-0.1, -0.05) is 22.4 Å². The van der Waals surface area contributed by atoms with Crippen molar-refractivity contribution in [2.75, 3.05) is 17.7 Å². The number of nitrogens with zero attached hydrogens (tertiary/aromatic N) is 3. The van der Waals surface area contributed by atoms with Crippen LogP contribution < -0.4 is 26.0 Å². The summed E-state index contributed by atoms with van der Waals surface area (Å²) in [5.74, 6) is -2.90. The topological polar surface area (TPSA) is 121 Å². The molecular formula is C21H15ClF3N5O5. The number of ether oxygens (including phenoxy) is 1. The average molecular weight is 510 g/mol. The number of methoxy groups -OCH3 is 1. The second-order valence-electron chi connectivity index (χ2n) is 7.05. The van der Waals surface area contributed by atoms with Crippen molar-refractivity contribution < 1.29 is 32.0 Å². The van der Waals surface area contributed by atoms with Crippen molar-refractivity contribution in [3.05, 3.63) is 63.7 Å². The molecule has 0 spiro atoms. The average Bonchev–Trinajstić information content (AvgIpc) is 3.11. The number of fused-ring (bicyclic) bond motifs is 1. The van der Waals surface area contributed by atoms with E-state index in [0.717, 1.165) is 5.56 Å². The van der Waals surface area contributed by atoms with Crippen molar-refractivity contribution in [1.29, 1.82) is 0 Å². The summed E-state index contributed by atoms with van der Waals surface area (Å²) in [4.78, 5) is 35.6. The van der Waals surface area contributed by atoms with Crippen LogP contribution in [0.2, 0.25) is 5.02 Å². The Kier molecular flexibility index (Phi) is 6.26. The monoisotopic (exact) mass is 509 g/mol. The quantitative estimate of drug-likeness (QED) is 0.390. The lowest BCUT2D eigenvalue weighted by molar-refractivity contribution is -0.200. The zero-order chi connectivity index (χ0) is 25.3. The zero-order valence-corrected chi connectivity index (χ0v) is 18.7. The molecule has 0 aliphatic rings. The number of benzene rings is 2. The summed E-state index contributed by atoms with van der Waals surface area (Å²) in [5.41, 5.74) is 1.49. The number of hydrogen-bond donors (Lipinski definition) is 2. The van der Waals surface area contributed by atoms with E-state index in [2.05, 4.69) is 25.4 Å². The Morgan fingerprint density at radius 3 is 2.57 bits per heavy atom. The number of halogens is 4. The normalized spacial score (nSPS) is 11.4. The Labute approximate surface area is 199 Å². The zero-order valence-electron chi connectivity index (χ0n) is 17.9. The van der Waals surface area contributed by atoms with Gasteiger partial charge in [0.1, 0.15) is 16.3 Å². The molecule has 0 radical (unpaired) electrons. The minimum absolute atomic E-state index is 0.107. The Bertz CT molecular complexity index is 1480. The molecule has 0 bridgehead atoms. The maximum absolute atomic E-state index is 12.6. The van der Waals surface area contributed by atoms with Crippen molar-refractivity contribution in [2.45, 2.75) is 13.1 Å². The molecule has 0 amide bonds. The number of carbonyl (C=O) groups excluding carboxylic acids is 1. The van der Waals surface area contributed by atoms with Gasteiger partial charge in [0.2, 0.25) is 5.95 Å². The molecule has 10 nitrogen and oxygen atoms in total. The Morgan fingerprint density at radius 2 is 1.86 bits per heavy atom. The van der Waals surface area contributed by atoms with Gasteiger partial charge >= 0.3 is 17.9 Å². The molecule has 0 aliphatic carbocycles. The van der Waals surface area contributed by atoms with Crippen molar-refractivity contribution in [3.63, 3.8) is 0 Å². The lowest BCUT2D eigenvalue weighted by atomic mass is 10.2. The predicted octanol–water partition coefficient (Wildman–Crippen LogP) is 4.36. The summed E-state index contributed by atoms with van der Waals surface area (Å²) in [7, 11) is 1.55.